The van der Waals surface area contributed by atoms with Crippen molar-refractivity contribution in [2.45, 2.75) is 19.4 Å². The molecule has 4 heteroatoms. The first-order valence-electron chi connectivity index (χ1n) is 3.98. The average Bonchev–Trinajstić information content (AvgIpc) is 2.35. The van der Waals surface area contributed by atoms with Gasteiger partial charge in [0.1, 0.15) is 0 Å². The van der Waals surface area contributed by atoms with Gasteiger partial charge in [-0.1, -0.05) is 0 Å². The van der Waals surface area contributed by atoms with Gasteiger partial charge in [0, 0.05) is 13.5 Å². The summed E-state index contributed by atoms with van der Waals surface area (Å²) in [5, 5.41) is 12.9. The lowest BCUT2D eigenvalue weighted by Crippen LogP contribution is -2.07. The highest BCUT2D eigenvalue weighted by Gasteiger charge is 1.98. The van der Waals surface area contributed by atoms with E-state index in [1.165, 1.54) is 0 Å². The quantitative estimate of drug-likeness (QED) is 0.718. The highest BCUT2D eigenvalue weighted by molar-refractivity contribution is 5.10. The van der Waals surface area contributed by atoms with Gasteiger partial charge in [0.25, 0.3) is 0 Å². The van der Waals surface area contributed by atoms with E-state index in [4.69, 9.17) is 9.84 Å². The van der Waals surface area contributed by atoms with E-state index in [1.807, 2.05) is 7.05 Å². The molecule has 1 rings (SSSR count). The summed E-state index contributed by atoms with van der Waals surface area (Å²) in [6.07, 6.45) is 3.79. The van der Waals surface area contributed by atoms with Gasteiger partial charge in [-0.3, -0.25) is 4.68 Å². The van der Waals surface area contributed by atoms with Crippen LogP contribution in [0.25, 0.3) is 0 Å². The van der Waals surface area contributed by atoms with Gasteiger partial charge in [0.2, 0.25) is 0 Å². The van der Waals surface area contributed by atoms with Crippen LogP contribution in [0.15, 0.2) is 12.4 Å². The Hall–Kier alpha value is -1.03. The van der Waals surface area contributed by atoms with E-state index in [-0.39, 0.29) is 6.10 Å². The fraction of sp³-hybridized carbons (Fsp3) is 0.625. The highest BCUT2D eigenvalue weighted by Crippen LogP contribution is 2.07. The summed E-state index contributed by atoms with van der Waals surface area (Å²) in [5.74, 6) is 0.748. The second-order valence-corrected chi connectivity index (χ2v) is 2.84. The van der Waals surface area contributed by atoms with E-state index in [1.54, 1.807) is 24.0 Å². The minimum Gasteiger partial charge on any atom is -0.490 e. The molecule has 0 saturated heterocycles. The molecule has 0 aliphatic heterocycles. The van der Waals surface area contributed by atoms with Gasteiger partial charge < -0.3 is 9.84 Å². The number of aliphatic hydroxyl groups excluding tert-OH is 1. The summed E-state index contributed by atoms with van der Waals surface area (Å²) in [7, 11) is 1.83. The molecule has 68 valence electrons. The Morgan fingerprint density at radius 1 is 1.75 bits per heavy atom. The molecule has 0 amide bonds. The van der Waals surface area contributed by atoms with E-state index >= 15 is 0 Å². The number of aryl methyl sites for hydroxylation is 1. The number of aromatic nitrogens is 2. The summed E-state index contributed by atoms with van der Waals surface area (Å²) >= 11 is 0. The van der Waals surface area contributed by atoms with Crippen LogP contribution in [-0.4, -0.2) is 27.6 Å². The zero-order valence-corrected chi connectivity index (χ0v) is 7.40. The Bertz CT molecular complexity index is 233. The van der Waals surface area contributed by atoms with Gasteiger partial charge in [0.05, 0.1) is 25.1 Å². The smallest absolute Gasteiger partial charge is 0.157 e. The molecule has 0 fully saturated rings. The predicted molar refractivity (Wildman–Crippen MR) is 45.0 cm³/mol. The van der Waals surface area contributed by atoms with E-state index < -0.39 is 0 Å². The Balaban J connectivity index is 2.24. The average molecular weight is 170 g/mol. The second-order valence-electron chi connectivity index (χ2n) is 2.84. The van der Waals surface area contributed by atoms with E-state index in [2.05, 4.69) is 5.10 Å². The molecule has 0 aromatic carbocycles. The number of hydrogen-bond donors (Lipinski definition) is 1. The third-order valence-electron chi connectivity index (χ3n) is 1.49. The summed E-state index contributed by atoms with van der Waals surface area (Å²) in [4.78, 5) is 0. The van der Waals surface area contributed by atoms with E-state index in [0.717, 1.165) is 5.75 Å². The molecule has 0 aliphatic carbocycles. The molecular weight excluding hydrogens is 156 g/mol. The SMILES string of the molecule is CC(O)CCOc1cnn(C)c1. The number of hydrogen-bond acceptors (Lipinski definition) is 3. The lowest BCUT2D eigenvalue weighted by atomic mass is 10.3. The van der Waals surface area contributed by atoms with Gasteiger partial charge in [-0.05, 0) is 6.92 Å². The molecule has 0 bridgehead atoms. The van der Waals surface area contributed by atoms with Crippen molar-refractivity contribution in [3.63, 3.8) is 0 Å². The van der Waals surface area contributed by atoms with Crippen molar-refractivity contribution < 1.29 is 9.84 Å². The van der Waals surface area contributed by atoms with Gasteiger partial charge in [-0.15, -0.1) is 0 Å². The Labute approximate surface area is 71.8 Å². The molecular formula is C8H14N2O2. The van der Waals surface area contributed by atoms with Crippen molar-refractivity contribution in [2.75, 3.05) is 6.61 Å². The molecule has 0 saturated carbocycles. The Morgan fingerprint density at radius 3 is 3.00 bits per heavy atom. The highest BCUT2D eigenvalue weighted by atomic mass is 16.5. The summed E-state index contributed by atoms with van der Waals surface area (Å²) in [5.41, 5.74) is 0. The van der Waals surface area contributed by atoms with Crippen LogP contribution in [0.2, 0.25) is 0 Å². The zero-order valence-electron chi connectivity index (χ0n) is 7.40. The van der Waals surface area contributed by atoms with E-state index in [0.29, 0.717) is 13.0 Å². The monoisotopic (exact) mass is 170 g/mol. The molecule has 4 nitrogen and oxygen atoms in total. The van der Waals surface area contributed by atoms with Crippen molar-refractivity contribution in [3.05, 3.63) is 12.4 Å². The van der Waals surface area contributed by atoms with Crippen LogP contribution in [0.1, 0.15) is 13.3 Å². The molecule has 1 N–H and O–H groups in total. The Morgan fingerprint density at radius 2 is 2.50 bits per heavy atom. The standard InChI is InChI=1S/C8H14N2O2/c1-7(11)3-4-12-8-5-9-10(2)6-8/h5-7,11H,3-4H2,1-2H3. The maximum atomic E-state index is 8.93. The van der Waals surface area contributed by atoms with Crippen molar-refractivity contribution >= 4 is 0 Å². The zero-order chi connectivity index (χ0) is 8.97. The van der Waals surface area contributed by atoms with Crippen LogP contribution in [0.3, 0.4) is 0 Å². The maximum Gasteiger partial charge on any atom is 0.157 e. The third kappa shape index (κ3) is 2.92. The number of aliphatic hydroxyl groups is 1. The molecule has 1 atom stereocenters. The molecule has 1 aromatic rings. The second kappa shape index (κ2) is 4.11. The first-order chi connectivity index (χ1) is 5.68. The van der Waals surface area contributed by atoms with Gasteiger partial charge in [-0.2, -0.15) is 5.10 Å². The normalized spacial score (nSPS) is 12.9. The molecule has 0 radical (unpaired) electrons. The largest absolute Gasteiger partial charge is 0.490 e. The fourth-order valence-corrected chi connectivity index (χ4v) is 0.821. The molecule has 12 heavy (non-hydrogen) atoms. The fourth-order valence-electron chi connectivity index (χ4n) is 0.821. The minimum absolute atomic E-state index is 0.304. The summed E-state index contributed by atoms with van der Waals surface area (Å²) in [6.45, 7) is 2.27. The molecule has 0 aliphatic rings. The lowest BCUT2D eigenvalue weighted by Gasteiger charge is -2.04. The molecule has 1 unspecified atom stereocenters. The lowest BCUT2D eigenvalue weighted by molar-refractivity contribution is 0.155. The van der Waals surface area contributed by atoms with Crippen LogP contribution < -0.4 is 4.74 Å². The first kappa shape index (κ1) is 9.06. The van der Waals surface area contributed by atoms with Crippen molar-refractivity contribution in [1.29, 1.82) is 0 Å². The molecule has 1 aromatic heterocycles. The number of rotatable bonds is 4. The third-order valence-corrected chi connectivity index (χ3v) is 1.49. The van der Waals surface area contributed by atoms with Gasteiger partial charge in [0.15, 0.2) is 5.75 Å². The van der Waals surface area contributed by atoms with Gasteiger partial charge >= 0.3 is 0 Å². The summed E-state index contributed by atoms with van der Waals surface area (Å²) < 4.78 is 6.97. The summed E-state index contributed by atoms with van der Waals surface area (Å²) in [6, 6.07) is 0. The first-order valence-corrected chi connectivity index (χ1v) is 3.98. The Kier molecular flexibility index (Phi) is 3.10. The van der Waals surface area contributed by atoms with Crippen LogP contribution in [0.5, 0.6) is 5.75 Å². The van der Waals surface area contributed by atoms with Crippen LogP contribution in [-0.2, 0) is 7.05 Å². The minimum atomic E-state index is -0.304. The number of ether oxygens (including phenoxy) is 1. The number of nitrogens with zero attached hydrogens (tertiary/aromatic N) is 2. The molecule has 0 spiro atoms. The van der Waals surface area contributed by atoms with Crippen molar-refractivity contribution in [1.82, 2.24) is 9.78 Å². The van der Waals surface area contributed by atoms with Crippen LogP contribution >= 0.6 is 0 Å². The van der Waals surface area contributed by atoms with Gasteiger partial charge in [-0.25, -0.2) is 0 Å². The predicted octanol–water partition coefficient (Wildman–Crippen LogP) is 0.570. The van der Waals surface area contributed by atoms with Crippen molar-refractivity contribution in [2.24, 2.45) is 7.05 Å². The van der Waals surface area contributed by atoms with Crippen LogP contribution in [0, 0.1) is 0 Å². The van der Waals surface area contributed by atoms with E-state index in [9.17, 15) is 0 Å². The topological polar surface area (TPSA) is 47.3 Å². The van der Waals surface area contributed by atoms with Crippen molar-refractivity contribution in [3.8, 4) is 5.75 Å². The van der Waals surface area contributed by atoms with Crippen LogP contribution in [0.4, 0.5) is 0 Å². The molecule has 1 heterocycles. The maximum absolute atomic E-state index is 8.93.